The van der Waals surface area contributed by atoms with Gasteiger partial charge in [-0.05, 0) is 5.56 Å². The van der Waals surface area contributed by atoms with Crippen molar-refractivity contribution in [1.82, 2.24) is 14.8 Å². The molecule has 0 spiro atoms. The van der Waals surface area contributed by atoms with Crippen molar-refractivity contribution in [2.45, 2.75) is 12.5 Å². The summed E-state index contributed by atoms with van der Waals surface area (Å²) >= 11 is 0. The van der Waals surface area contributed by atoms with Crippen LogP contribution in [0.1, 0.15) is 23.9 Å². The van der Waals surface area contributed by atoms with Crippen molar-refractivity contribution in [2.24, 2.45) is 0 Å². The van der Waals surface area contributed by atoms with Gasteiger partial charge < -0.3 is 0 Å². The Kier molecular flexibility index (Phi) is 3.13. The normalized spacial score (nSPS) is 11.4. The van der Waals surface area contributed by atoms with Crippen LogP contribution in [0.2, 0.25) is 0 Å². The SMILES string of the molecule is N#CCC(c1ccccc1)n1cnc(C#N)n1. The van der Waals surface area contributed by atoms with Crippen molar-refractivity contribution in [3.63, 3.8) is 0 Å². The zero-order valence-electron chi connectivity index (χ0n) is 8.98. The van der Waals surface area contributed by atoms with Crippen LogP contribution < -0.4 is 0 Å². The lowest BCUT2D eigenvalue weighted by molar-refractivity contribution is 0.530. The van der Waals surface area contributed by atoms with Gasteiger partial charge in [0.2, 0.25) is 0 Å². The van der Waals surface area contributed by atoms with Gasteiger partial charge in [-0.1, -0.05) is 30.3 Å². The predicted molar refractivity (Wildman–Crippen MR) is 59.5 cm³/mol. The Bertz CT molecular complexity index is 573. The third kappa shape index (κ3) is 2.30. The van der Waals surface area contributed by atoms with Crippen LogP contribution in [0.5, 0.6) is 0 Å². The average molecular weight is 223 g/mol. The van der Waals surface area contributed by atoms with E-state index in [0.29, 0.717) is 0 Å². The number of nitriles is 2. The molecule has 0 N–H and O–H groups in total. The first-order chi connectivity index (χ1) is 8.35. The highest BCUT2D eigenvalue weighted by molar-refractivity contribution is 5.21. The molecule has 82 valence electrons. The van der Waals surface area contributed by atoms with Gasteiger partial charge in [-0.2, -0.15) is 10.5 Å². The highest BCUT2D eigenvalue weighted by atomic mass is 15.3. The van der Waals surface area contributed by atoms with Crippen LogP contribution in [0.15, 0.2) is 36.7 Å². The molecule has 1 heterocycles. The van der Waals surface area contributed by atoms with Crippen LogP contribution in [-0.2, 0) is 0 Å². The fraction of sp³-hybridized carbons (Fsp3) is 0.167. The number of hydrogen-bond acceptors (Lipinski definition) is 4. The Hall–Kier alpha value is -2.66. The highest BCUT2D eigenvalue weighted by Crippen LogP contribution is 2.20. The van der Waals surface area contributed by atoms with Crippen LogP contribution in [0.4, 0.5) is 0 Å². The van der Waals surface area contributed by atoms with Gasteiger partial charge in [-0.3, -0.25) is 0 Å². The molecule has 1 unspecified atom stereocenters. The minimum Gasteiger partial charge on any atom is -0.243 e. The monoisotopic (exact) mass is 223 g/mol. The first-order valence-corrected chi connectivity index (χ1v) is 5.08. The summed E-state index contributed by atoms with van der Waals surface area (Å²) in [5.74, 6) is 0.115. The van der Waals surface area contributed by atoms with Gasteiger partial charge >= 0.3 is 0 Å². The molecule has 0 amide bonds. The van der Waals surface area contributed by atoms with E-state index in [1.807, 2.05) is 36.4 Å². The van der Waals surface area contributed by atoms with E-state index in [1.54, 1.807) is 4.68 Å². The molecular formula is C12H9N5. The summed E-state index contributed by atoms with van der Waals surface area (Å²) in [6.45, 7) is 0. The lowest BCUT2D eigenvalue weighted by Crippen LogP contribution is -2.10. The highest BCUT2D eigenvalue weighted by Gasteiger charge is 2.14. The lowest BCUT2D eigenvalue weighted by atomic mass is 10.1. The maximum atomic E-state index is 8.85. The van der Waals surface area contributed by atoms with Crippen molar-refractivity contribution in [3.8, 4) is 12.1 Å². The Labute approximate surface area is 98.6 Å². The molecule has 0 bridgehead atoms. The topological polar surface area (TPSA) is 78.3 Å². The molecule has 1 aromatic carbocycles. The van der Waals surface area contributed by atoms with E-state index in [-0.39, 0.29) is 18.3 Å². The summed E-state index contributed by atoms with van der Waals surface area (Å²) < 4.78 is 1.55. The van der Waals surface area contributed by atoms with Gasteiger partial charge in [-0.15, -0.1) is 5.10 Å². The molecule has 0 aliphatic rings. The number of rotatable bonds is 3. The van der Waals surface area contributed by atoms with E-state index in [1.165, 1.54) is 6.33 Å². The molecule has 5 heteroatoms. The number of benzene rings is 1. The van der Waals surface area contributed by atoms with Crippen LogP contribution in [0.3, 0.4) is 0 Å². The number of nitrogens with zero attached hydrogens (tertiary/aromatic N) is 5. The standard InChI is InChI=1S/C12H9N5/c13-7-6-11(10-4-2-1-3-5-10)17-9-15-12(8-14)16-17/h1-5,9,11H,6H2. The lowest BCUT2D eigenvalue weighted by Gasteiger charge is -2.13. The van der Waals surface area contributed by atoms with E-state index in [4.69, 9.17) is 10.5 Å². The molecular weight excluding hydrogens is 214 g/mol. The fourth-order valence-electron chi connectivity index (χ4n) is 1.60. The second-order valence-corrected chi connectivity index (χ2v) is 3.45. The zero-order valence-corrected chi connectivity index (χ0v) is 8.98. The minimum atomic E-state index is -0.198. The third-order valence-corrected chi connectivity index (χ3v) is 2.40. The largest absolute Gasteiger partial charge is 0.252 e. The van der Waals surface area contributed by atoms with Crippen LogP contribution in [-0.4, -0.2) is 14.8 Å². The molecule has 0 saturated heterocycles. The number of hydrogen-bond donors (Lipinski definition) is 0. The molecule has 2 rings (SSSR count). The first-order valence-electron chi connectivity index (χ1n) is 5.08. The van der Waals surface area contributed by atoms with Gasteiger partial charge in [0.25, 0.3) is 5.82 Å². The van der Waals surface area contributed by atoms with Crippen molar-refractivity contribution in [1.29, 1.82) is 10.5 Å². The van der Waals surface area contributed by atoms with E-state index in [0.717, 1.165) is 5.56 Å². The third-order valence-electron chi connectivity index (χ3n) is 2.40. The fourth-order valence-corrected chi connectivity index (χ4v) is 1.60. The molecule has 0 aliphatic carbocycles. The Morgan fingerprint density at radius 3 is 2.59 bits per heavy atom. The van der Waals surface area contributed by atoms with Gasteiger partial charge in [-0.25, -0.2) is 9.67 Å². The number of aromatic nitrogens is 3. The minimum absolute atomic E-state index is 0.115. The van der Waals surface area contributed by atoms with E-state index in [2.05, 4.69) is 16.2 Å². The molecule has 0 saturated carbocycles. The predicted octanol–water partition coefficient (Wildman–Crippen LogP) is 1.65. The van der Waals surface area contributed by atoms with Crippen LogP contribution in [0, 0.1) is 22.7 Å². The van der Waals surface area contributed by atoms with Crippen molar-refractivity contribution in [3.05, 3.63) is 48.0 Å². The summed E-state index contributed by atoms with van der Waals surface area (Å²) in [5, 5.41) is 21.5. The van der Waals surface area contributed by atoms with Crippen molar-refractivity contribution >= 4 is 0 Å². The quantitative estimate of drug-likeness (QED) is 0.792. The van der Waals surface area contributed by atoms with Gasteiger partial charge in [0.05, 0.1) is 18.5 Å². The molecule has 1 atom stereocenters. The van der Waals surface area contributed by atoms with Crippen molar-refractivity contribution < 1.29 is 0 Å². The Morgan fingerprint density at radius 1 is 1.24 bits per heavy atom. The molecule has 0 aliphatic heterocycles. The van der Waals surface area contributed by atoms with Gasteiger partial charge in [0.15, 0.2) is 0 Å². The van der Waals surface area contributed by atoms with Gasteiger partial charge in [0.1, 0.15) is 12.4 Å². The van der Waals surface area contributed by atoms with Crippen LogP contribution >= 0.6 is 0 Å². The molecule has 0 radical (unpaired) electrons. The summed E-state index contributed by atoms with van der Waals surface area (Å²) in [6.07, 6.45) is 1.77. The van der Waals surface area contributed by atoms with Crippen molar-refractivity contribution in [2.75, 3.05) is 0 Å². The summed E-state index contributed by atoms with van der Waals surface area (Å²) in [6, 6.07) is 13.4. The molecule has 5 nitrogen and oxygen atoms in total. The maximum absolute atomic E-state index is 8.85. The average Bonchev–Trinajstić information content (AvgIpc) is 2.85. The zero-order chi connectivity index (χ0) is 12.1. The maximum Gasteiger partial charge on any atom is 0.252 e. The van der Waals surface area contributed by atoms with Crippen LogP contribution in [0.25, 0.3) is 0 Å². The molecule has 1 aromatic heterocycles. The summed E-state index contributed by atoms with van der Waals surface area (Å²) in [5.41, 5.74) is 0.975. The second-order valence-electron chi connectivity index (χ2n) is 3.45. The summed E-state index contributed by atoms with van der Waals surface area (Å²) in [7, 11) is 0. The van der Waals surface area contributed by atoms with E-state index in [9.17, 15) is 0 Å². The smallest absolute Gasteiger partial charge is 0.243 e. The van der Waals surface area contributed by atoms with Gasteiger partial charge in [0, 0.05) is 0 Å². The molecule has 17 heavy (non-hydrogen) atoms. The molecule has 2 aromatic rings. The van der Waals surface area contributed by atoms with E-state index >= 15 is 0 Å². The second kappa shape index (κ2) is 4.91. The Balaban J connectivity index is 2.37. The first kappa shape index (κ1) is 10.8. The van der Waals surface area contributed by atoms with E-state index < -0.39 is 0 Å². The molecule has 0 fully saturated rings. The summed E-state index contributed by atoms with van der Waals surface area (Å²) in [4.78, 5) is 3.84. The Morgan fingerprint density at radius 2 is 2.00 bits per heavy atom.